The van der Waals surface area contributed by atoms with Crippen LogP contribution < -0.4 is 10.6 Å². The van der Waals surface area contributed by atoms with Crippen molar-refractivity contribution < 1.29 is 9.18 Å². The Morgan fingerprint density at radius 2 is 2.04 bits per heavy atom. The number of hydrogen-bond donors (Lipinski definition) is 2. The highest BCUT2D eigenvalue weighted by Crippen LogP contribution is 2.20. The molecule has 1 aromatic carbocycles. The van der Waals surface area contributed by atoms with Crippen LogP contribution in [0.25, 0.3) is 11.1 Å². The Balaban J connectivity index is 1.64. The molecule has 126 valence electrons. The largest absolute Gasteiger partial charge is 0.324 e. The lowest BCUT2D eigenvalue weighted by molar-refractivity contribution is 0.189. The third kappa shape index (κ3) is 3.89. The number of nitrogens with one attached hydrogen (secondary N) is 2. The van der Waals surface area contributed by atoms with Gasteiger partial charge in [-0.2, -0.15) is 0 Å². The van der Waals surface area contributed by atoms with E-state index in [0.29, 0.717) is 5.82 Å². The fraction of sp³-hybridized carbons (Fsp3) is 0.333. The van der Waals surface area contributed by atoms with Crippen LogP contribution in [0.5, 0.6) is 0 Å². The molecule has 24 heavy (non-hydrogen) atoms. The van der Waals surface area contributed by atoms with Crippen LogP contribution in [0.1, 0.15) is 12.8 Å². The SMILES string of the molecule is CN(C(=O)Nc1ccc(-c2cccc(F)c2)cn1)C1CCNCC1. The number of hydrogen-bond acceptors (Lipinski definition) is 3. The van der Waals surface area contributed by atoms with Gasteiger partial charge in [0, 0.05) is 24.8 Å². The Kier molecular flexibility index (Phi) is 5.05. The highest BCUT2D eigenvalue weighted by Gasteiger charge is 2.22. The van der Waals surface area contributed by atoms with Crippen molar-refractivity contribution in [2.45, 2.75) is 18.9 Å². The van der Waals surface area contributed by atoms with Gasteiger partial charge in [0.1, 0.15) is 11.6 Å². The number of urea groups is 1. The zero-order valence-corrected chi connectivity index (χ0v) is 13.6. The highest BCUT2D eigenvalue weighted by molar-refractivity contribution is 5.88. The average Bonchev–Trinajstić information content (AvgIpc) is 2.62. The molecule has 6 heteroatoms. The molecule has 5 nitrogen and oxygen atoms in total. The molecule has 3 rings (SSSR count). The third-order valence-electron chi connectivity index (χ3n) is 4.33. The van der Waals surface area contributed by atoms with E-state index < -0.39 is 0 Å². The highest BCUT2D eigenvalue weighted by atomic mass is 19.1. The minimum Gasteiger partial charge on any atom is -0.324 e. The van der Waals surface area contributed by atoms with Crippen LogP contribution >= 0.6 is 0 Å². The molecule has 1 aromatic heterocycles. The maximum absolute atomic E-state index is 13.3. The summed E-state index contributed by atoms with van der Waals surface area (Å²) >= 11 is 0. The molecule has 1 saturated heterocycles. The molecule has 0 spiro atoms. The first-order chi connectivity index (χ1) is 11.6. The average molecular weight is 328 g/mol. The van der Waals surface area contributed by atoms with Gasteiger partial charge >= 0.3 is 6.03 Å². The molecular formula is C18H21FN4O. The third-order valence-corrected chi connectivity index (χ3v) is 4.33. The van der Waals surface area contributed by atoms with Crippen molar-refractivity contribution in [1.82, 2.24) is 15.2 Å². The first-order valence-electron chi connectivity index (χ1n) is 8.10. The first kappa shape index (κ1) is 16.4. The first-order valence-corrected chi connectivity index (χ1v) is 8.10. The minimum absolute atomic E-state index is 0.159. The lowest BCUT2D eigenvalue weighted by Crippen LogP contribution is -2.45. The van der Waals surface area contributed by atoms with E-state index in [0.717, 1.165) is 37.1 Å². The number of amides is 2. The number of anilines is 1. The van der Waals surface area contributed by atoms with Gasteiger partial charge < -0.3 is 10.2 Å². The number of carbonyl (C=O) groups excluding carboxylic acids is 1. The quantitative estimate of drug-likeness (QED) is 0.910. The van der Waals surface area contributed by atoms with Gasteiger partial charge in [-0.1, -0.05) is 12.1 Å². The topological polar surface area (TPSA) is 57.3 Å². The second-order valence-electron chi connectivity index (χ2n) is 5.96. The van der Waals surface area contributed by atoms with E-state index in [1.165, 1.54) is 12.1 Å². The van der Waals surface area contributed by atoms with E-state index in [1.807, 2.05) is 19.2 Å². The number of piperidine rings is 1. The number of benzene rings is 1. The molecule has 0 aliphatic carbocycles. The van der Waals surface area contributed by atoms with Crippen molar-refractivity contribution in [3.05, 3.63) is 48.4 Å². The molecule has 2 N–H and O–H groups in total. The lowest BCUT2D eigenvalue weighted by Gasteiger charge is -2.31. The summed E-state index contributed by atoms with van der Waals surface area (Å²) in [5.74, 6) is 0.203. The molecule has 0 bridgehead atoms. The fourth-order valence-corrected chi connectivity index (χ4v) is 2.86. The van der Waals surface area contributed by atoms with Crippen LogP contribution in [-0.4, -0.2) is 42.1 Å². The molecule has 2 amide bonds. The molecule has 0 unspecified atom stereocenters. The molecule has 1 fully saturated rings. The molecule has 0 atom stereocenters. The summed E-state index contributed by atoms with van der Waals surface area (Å²) in [4.78, 5) is 18.3. The molecule has 1 aliphatic rings. The predicted molar refractivity (Wildman–Crippen MR) is 92.3 cm³/mol. The molecular weight excluding hydrogens is 307 g/mol. The molecule has 0 saturated carbocycles. The van der Waals surface area contributed by atoms with E-state index in [9.17, 15) is 9.18 Å². The van der Waals surface area contributed by atoms with E-state index in [4.69, 9.17) is 0 Å². The van der Waals surface area contributed by atoms with Crippen molar-refractivity contribution in [2.24, 2.45) is 0 Å². The summed E-state index contributed by atoms with van der Waals surface area (Å²) in [5.41, 5.74) is 1.56. The molecule has 2 heterocycles. The standard InChI is InChI=1S/C18H21FN4O/c1-23(16-7-9-20-10-8-16)18(24)22-17-6-5-14(12-21-17)13-3-2-4-15(19)11-13/h2-6,11-12,16,20H,7-10H2,1H3,(H,21,22,24). The Bertz CT molecular complexity index is 698. The summed E-state index contributed by atoms with van der Waals surface area (Å²) in [6, 6.07) is 9.99. The van der Waals surface area contributed by atoms with Crippen molar-refractivity contribution in [3.63, 3.8) is 0 Å². The zero-order chi connectivity index (χ0) is 16.9. The van der Waals surface area contributed by atoms with Crippen molar-refractivity contribution in [3.8, 4) is 11.1 Å². The maximum atomic E-state index is 13.3. The van der Waals surface area contributed by atoms with Crippen molar-refractivity contribution in [1.29, 1.82) is 0 Å². The summed E-state index contributed by atoms with van der Waals surface area (Å²) in [6.07, 6.45) is 3.54. The van der Waals surface area contributed by atoms with Gasteiger partial charge in [-0.15, -0.1) is 0 Å². The van der Waals surface area contributed by atoms with Gasteiger partial charge in [0.25, 0.3) is 0 Å². The summed E-state index contributed by atoms with van der Waals surface area (Å²) in [5, 5.41) is 6.10. The van der Waals surface area contributed by atoms with Crippen LogP contribution in [0, 0.1) is 5.82 Å². The van der Waals surface area contributed by atoms with Crippen LogP contribution in [0.4, 0.5) is 15.0 Å². The Morgan fingerprint density at radius 3 is 2.71 bits per heavy atom. The molecule has 1 aliphatic heterocycles. The van der Waals surface area contributed by atoms with Gasteiger partial charge in [-0.3, -0.25) is 5.32 Å². The van der Waals surface area contributed by atoms with Crippen molar-refractivity contribution in [2.75, 3.05) is 25.5 Å². The minimum atomic E-state index is -0.284. The summed E-state index contributed by atoms with van der Waals surface area (Å²) in [6.45, 7) is 1.87. The fourth-order valence-electron chi connectivity index (χ4n) is 2.86. The van der Waals surface area contributed by atoms with Crippen LogP contribution in [-0.2, 0) is 0 Å². The van der Waals surface area contributed by atoms with E-state index in [2.05, 4.69) is 15.6 Å². The number of rotatable bonds is 3. The van der Waals surface area contributed by atoms with E-state index in [-0.39, 0.29) is 17.9 Å². The van der Waals surface area contributed by atoms with Gasteiger partial charge in [-0.05, 0) is 55.8 Å². The zero-order valence-electron chi connectivity index (χ0n) is 13.6. The van der Waals surface area contributed by atoms with E-state index in [1.54, 1.807) is 23.2 Å². The monoisotopic (exact) mass is 328 g/mol. The van der Waals surface area contributed by atoms with Gasteiger partial charge in [0.15, 0.2) is 0 Å². The maximum Gasteiger partial charge on any atom is 0.323 e. The van der Waals surface area contributed by atoms with Crippen LogP contribution in [0.2, 0.25) is 0 Å². The normalized spacial score (nSPS) is 15.1. The number of nitrogens with zero attached hydrogens (tertiary/aromatic N) is 2. The second-order valence-corrected chi connectivity index (χ2v) is 5.96. The van der Waals surface area contributed by atoms with Crippen LogP contribution in [0.15, 0.2) is 42.6 Å². The number of aromatic nitrogens is 1. The van der Waals surface area contributed by atoms with Gasteiger partial charge in [0.2, 0.25) is 0 Å². The van der Waals surface area contributed by atoms with Crippen LogP contribution in [0.3, 0.4) is 0 Å². The number of carbonyl (C=O) groups is 1. The predicted octanol–water partition coefficient (Wildman–Crippen LogP) is 3.10. The Morgan fingerprint density at radius 1 is 1.25 bits per heavy atom. The Labute approximate surface area is 140 Å². The number of pyridine rings is 1. The molecule has 2 aromatic rings. The summed E-state index contributed by atoms with van der Waals surface area (Å²) in [7, 11) is 1.81. The van der Waals surface area contributed by atoms with Gasteiger partial charge in [-0.25, -0.2) is 14.2 Å². The van der Waals surface area contributed by atoms with Gasteiger partial charge in [0.05, 0.1) is 0 Å². The molecule has 0 radical (unpaired) electrons. The summed E-state index contributed by atoms with van der Waals surface area (Å²) < 4.78 is 13.3. The van der Waals surface area contributed by atoms with E-state index >= 15 is 0 Å². The van der Waals surface area contributed by atoms with Crippen molar-refractivity contribution >= 4 is 11.8 Å². The number of halogens is 1. The lowest BCUT2D eigenvalue weighted by atomic mass is 10.1. The smallest absolute Gasteiger partial charge is 0.323 e. The Hall–Kier alpha value is -2.47. The second kappa shape index (κ2) is 7.40.